The van der Waals surface area contributed by atoms with Gasteiger partial charge in [-0.3, -0.25) is 4.79 Å². The molecule has 0 aliphatic carbocycles. The zero-order valence-electron chi connectivity index (χ0n) is 12.2. The minimum absolute atomic E-state index is 0.0343. The van der Waals surface area contributed by atoms with Gasteiger partial charge < -0.3 is 15.6 Å². The number of amides is 1. The van der Waals surface area contributed by atoms with E-state index in [1.807, 2.05) is 0 Å². The predicted molar refractivity (Wildman–Crippen MR) is 72.4 cm³/mol. The first-order chi connectivity index (χ1) is 8.76. The van der Waals surface area contributed by atoms with Crippen molar-refractivity contribution in [3.05, 3.63) is 11.7 Å². The summed E-state index contributed by atoms with van der Waals surface area (Å²) in [6, 6.07) is -0.106. The van der Waals surface area contributed by atoms with E-state index in [1.165, 1.54) is 0 Å². The summed E-state index contributed by atoms with van der Waals surface area (Å²) in [6.07, 6.45) is 1.71. The van der Waals surface area contributed by atoms with Crippen molar-refractivity contribution in [3.8, 4) is 0 Å². The van der Waals surface area contributed by atoms with Gasteiger partial charge in [-0.05, 0) is 18.8 Å². The summed E-state index contributed by atoms with van der Waals surface area (Å²) in [4.78, 5) is 15.7. The molecule has 1 heterocycles. The highest BCUT2D eigenvalue weighted by atomic mass is 16.5. The first-order valence-electron chi connectivity index (χ1n) is 6.58. The Balaban J connectivity index is 2.21. The Morgan fingerprint density at radius 1 is 1.47 bits per heavy atom. The molecule has 1 atom stereocenters. The summed E-state index contributed by atoms with van der Waals surface area (Å²) in [5.41, 5.74) is 6.09. The molecule has 0 spiro atoms. The molecule has 0 saturated carbocycles. The average Bonchev–Trinajstić information content (AvgIpc) is 2.60. The zero-order chi connectivity index (χ0) is 14.5. The fourth-order valence-corrected chi connectivity index (χ4v) is 1.92. The lowest BCUT2D eigenvalue weighted by Crippen LogP contribution is -2.35. The standard InChI is InChI=1S/C13H24N4O2/c1-9-16-12(19-17-9)5-6-15-11(18)7-10(14)8-13(2,3)4/h10H,5-8,14H2,1-4H3,(H,15,18). The van der Waals surface area contributed by atoms with Gasteiger partial charge in [-0.25, -0.2) is 0 Å². The van der Waals surface area contributed by atoms with Crippen LogP contribution >= 0.6 is 0 Å². The third-order valence-electron chi connectivity index (χ3n) is 2.55. The van der Waals surface area contributed by atoms with E-state index in [-0.39, 0.29) is 17.4 Å². The summed E-state index contributed by atoms with van der Waals surface area (Å²) >= 11 is 0. The summed E-state index contributed by atoms with van der Waals surface area (Å²) in [7, 11) is 0. The Morgan fingerprint density at radius 2 is 2.16 bits per heavy atom. The van der Waals surface area contributed by atoms with Crippen molar-refractivity contribution >= 4 is 5.91 Å². The number of aryl methyl sites for hydroxylation is 1. The highest BCUT2D eigenvalue weighted by Crippen LogP contribution is 2.20. The molecule has 3 N–H and O–H groups in total. The van der Waals surface area contributed by atoms with E-state index in [1.54, 1.807) is 6.92 Å². The fraction of sp³-hybridized carbons (Fsp3) is 0.769. The highest BCUT2D eigenvalue weighted by molar-refractivity contribution is 5.76. The molecule has 0 radical (unpaired) electrons. The van der Waals surface area contributed by atoms with Gasteiger partial charge in [0.2, 0.25) is 11.8 Å². The van der Waals surface area contributed by atoms with Crippen molar-refractivity contribution < 1.29 is 9.32 Å². The van der Waals surface area contributed by atoms with E-state index in [0.29, 0.717) is 31.1 Å². The molecule has 0 bridgehead atoms. The number of nitrogens with two attached hydrogens (primary N) is 1. The molecule has 0 aliphatic rings. The largest absolute Gasteiger partial charge is 0.356 e. The monoisotopic (exact) mass is 268 g/mol. The van der Waals surface area contributed by atoms with E-state index >= 15 is 0 Å². The number of hydrogen-bond donors (Lipinski definition) is 2. The van der Waals surface area contributed by atoms with E-state index in [9.17, 15) is 4.79 Å². The maximum absolute atomic E-state index is 11.7. The third-order valence-corrected chi connectivity index (χ3v) is 2.55. The minimum Gasteiger partial charge on any atom is -0.356 e. The van der Waals surface area contributed by atoms with Gasteiger partial charge in [0.1, 0.15) is 0 Å². The van der Waals surface area contributed by atoms with Crippen molar-refractivity contribution in [3.63, 3.8) is 0 Å². The SMILES string of the molecule is Cc1noc(CCNC(=O)CC(N)CC(C)(C)C)n1. The number of nitrogens with one attached hydrogen (secondary N) is 1. The van der Waals surface area contributed by atoms with Gasteiger partial charge in [0.05, 0.1) is 0 Å². The average molecular weight is 268 g/mol. The van der Waals surface area contributed by atoms with Crippen molar-refractivity contribution in [2.24, 2.45) is 11.1 Å². The van der Waals surface area contributed by atoms with Gasteiger partial charge in [-0.1, -0.05) is 25.9 Å². The van der Waals surface area contributed by atoms with Crippen molar-refractivity contribution in [1.82, 2.24) is 15.5 Å². The normalized spacial score (nSPS) is 13.3. The van der Waals surface area contributed by atoms with E-state index in [2.05, 4.69) is 36.2 Å². The first kappa shape index (κ1) is 15.6. The Hall–Kier alpha value is -1.43. The van der Waals surface area contributed by atoms with Gasteiger partial charge >= 0.3 is 0 Å². The van der Waals surface area contributed by atoms with Crippen LogP contribution in [0.3, 0.4) is 0 Å². The van der Waals surface area contributed by atoms with Gasteiger partial charge in [-0.15, -0.1) is 0 Å². The molecule has 1 aromatic heterocycles. The van der Waals surface area contributed by atoms with Crippen LogP contribution in [0.1, 0.15) is 45.3 Å². The molecule has 0 saturated heterocycles. The van der Waals surface area contributed by atoms with Gasteiger partial charge in [-0.2, -0.15) is 4.98 Å². The Kier molecular flexibility index (Phi) is 5.47. The number of carbonyl (C=O) groups is 1. The van der Waals surface area contributed by atoms with Crippen LogP contribution in [0.5, 0.6) is 0 Å². The lowest BCUT2D eigenvalue weighted by molar-refractivity contribution is -0.121. The van der Waals surface area contributed by atoms with Crippen LogP contribution in [0.25, 0.3) is 0 Å². The van der Waals surface area contributed by atoms with E-state index in [4.69, 9.17) is 10.3 Å². The summed E-state index contributed by atoms with van der Waals surface area (Å²) in [6.45, 7) is 8.59. The second-order valence-corrected chi connectivity index (χ2v) is 6.06. The highest BCUT2D eigenvalue weighted by Gasteiger charge is 2.18. The van der Waals surface area contributed by atoms with Gasteiger partial charge in [0.15, 0.2) is 5.82 Å². The number of nitrogens with zero attached hydrogens (tertiary/aromatic N) is 2. The second-order valence-electron chi connectivity index (χ2n) is 6.06. The Morgan fingerprint density at radius 3 is 2.68 bits per heavy atom. The molecule has 1 unspecified atom stereocenters. The molecule has 1 rings (SSSR count). The molecular weight excluding hydrogens is 244 g/mol. The maximum Gasteiger partial charge on any atom is 0.228 e. The van der Waals surface area contributed by atoms with Crippen LogP contribution in [0, 0.1) is 12.3 Å². The number of carbonyl (C=O) groups excluding carboxylic acids is 1. The summed E-state index contributed by atoms with van der Waals surface area (Å²) in [5.74, 6) is 1.11. The van der Waals surface area contributed by atoms with Crippen LogP contribution in [-0.2, 0) is 11.2 Å². The molecule has 108 valence electrons. The van der Waals surface area contributed by atoms with Crippen LogP contribution in [0.2, 0.25) is 0 Å². The molecule has 6 heteroatoms. The molecule has 0 aliphatic heterocycles. The lowest BCUT2D eigenvalue weighted by Gasteiger charge is -2.22. The minimum atomic E-state index is -0.106. The van der Waals surface area contributed by atoms with Crippen molar-refractivity contribution in [2.45, 2.75) is 53.0 Å². The topological polar surface area (TPSA) is 94.0 Å². The second kappa shape index (κ2) is 6.65. The number of rotatable bonds is 6. The molecule has 0 aromatic carbocycles. The molecule has 1 amide bonds. The molecular formula is C13H24N4O2. The smallest absolute Gasteiger partial charge is 0.228 e. The third kappa shape index (κ3) is 6.91. The van der Waals surface area contributed by atoms with Crippen LogP contribution < -0.4 is 11.1 Å². The molecule has 6 nitrogen and oxygen atoms in total. The zero-order valence-corrected chi connectivity index (χ0v) is 12.2. The molecule has 0 fully saturated rings. The van der Waals surface area contributed by atoms with Gasteiger partial charge in [0, 0.05) is 25.4 Å². The fourth-order valence-electron chi connectivity index (χ4n) is 1.92. The lowest BCUT2D eigenvalue weighted by atomic mass is 9.87. The van der Waals surface area contributed by atoms with Crippen LogP contribution in [0.15, 0.2) is 4.52 Å². The first-order valence-corrected chi connectivity index (χ1v) is 6.58. The quantitative estimate of drug-likeness (QED) is 0.808. The Labute approximate surface area is 114 Å². The summed E-state index contributed by atoms with van der Waals surface area (Å²) < 4.78 is 4.96. The predicted octanol–water partition coefficient (Wildman–Crippen LogP) is 1.19. The van der Waals surface area contributed by atoms with Crippen LogP contribution in [-0.4, -0.2) is 28.6 Å². The van der Waals surface area contributed by atoms with Crippen molar-refractivity contribution in [2.75, 3.05) is 6.54 Å². The molecule has 19 heavy (non-hydrogen) atoms. The number of hydrogen-bond acceptors (Lipinski definition) is 5. The van der Waals surface area contributed by atoms with Crippen molar-refractivity contribution in [1.29, 1.82) is 0 Å². The van der Waals surface area contributed by atoms with E-state index in [0.717, 1.165) is 6.42 Å². The summed E-state index contributed by atoms with van der Waals surface area (Å²) in [5, 5.41) is 6.49. The Bertz CT molecular complexity index is 409. The van der Waals surface area contributed by atoms with Gasteiger partial charge in [0.25, 0.3) is 0 Å². The van der Waals surface area contributed by atoms with E-state index < -0.39 is 0 Å². The number of aromatic nitrogens is 2. The maximum atomic E-state index is 11.7. The van der Waals surface area contributed by atoms with Crippen LogP contribution in [0.4, 0.5) is 0 Å². The molecule has 1 aromatic rings.